The minimum absolute atomic E-state index is 0.00278. The lowest BCUT2D eigenvalue weighted by molar-refractivity contribution is 0.0920. The molecule has 0 bridgehead atoms. The summed E-state index contributed by atoms with van der Waals surface area (Å²) >= 11 is 1.32. The number of benzene rings is 1. The highest BCUT2D eigenvalue weighted by molar-refractivity contribution is 7.21. The maximum Gasteiger partial charge on any atom is 0.263 e. The van der Waals surface area contributed by atoms with Crippen molar-refractivity contribution in [2.24, 2.45) is 5.73 Å². The number of methoxy groups -OCH3 is 1. The number of amides is 1. The smallest absolute Gasteiger partial charge is 0.263 e. The Morgan fingerprint density at radius 1 is 1.31 bits per heavy atom. The van der Waals surface area contributed by atoms with Gasteiger partial charge in [0.05, 0.1) is 23.9 Å². The maximum absolute atomic E-state index is 12.9. The quantitative estimate of drug-likeness (QED) is 0.554. The average Bonchev–Trinajstić information content (AvgIpc) is 3.32. The lowest BCUT2D eigenvalue weighted by Crippen LogP contribution is -2.42. The Morgan fingerprint density at radius 2 is 2.16 bits per heavy atom. The fourth-order valence-corrected chi connectivity index (χ4v) is 5.46. The van der Waals surface area contributed by atoms with E-state index in [0.29, 0.717) is 23.6 Å². The SMILES string of the molecule is CO[C@H]1CN(c2ccc3c(c2)OC[C@H](NC(=O)c2sc4nc(C)ccc4c2N)C3)C[C@@H]1N. The Kier molecular flexibility index (Phi) is 5.40. The van der Waals surface area contributed by atoms with Crippen LogP contribution in [-0.4, -0.2) is 55.9 Å². The first-order valence-electron chi connectivity index (χ1n) is 10.7. The van der Waals surface area contributed by atoms with Gasteiger partial charge in [0, 0.05) is 43.0 Å². The van der Waals surface area contributed by atoms with Crippen molar-refractivity contribution in [1.82, 2.24) is 10.3 Å². The monoisotopic (exact) mass is 453 g/mol. The van der Waals surface area contributed by atoms with Crippen molar-refractivity contribution < 1.29 is 14.3 Å². The summed E-state index contributed by atoms with van der Waals surface area (Å²) in [6.45, 7) is 3.84. The van der Waals surface area contributed by atoms with E-state index in [1.807, 2.05) is 19.1 Å². The predicted octanol–water partition coefficient (Wildman–Crippen LogP) is 2.08. The second kappa shape index (κ2) is 8.23. The Hall–Kier alpha value is -2.88. The number of carbonyl (C=O) groups excluding carboxylic acids is 1. The Bertz CT molecular complexity index is 1180. The molecule has 2 aromatic heterocycles. The normalized spacial score (nSPS) is 22.6. The molecule has 1 fully saturated rings. The third-order valence-electron chi connectivity index (χ3n) is 6.21. The predicted molar refractivity (Wildman–Crippen MR) is 127 cm³/mol. The number of hydrogen-bond acceptors (Lipinski definition) is 8. The molecule has 8 nitrogen and oxygen atoms in total. The number of anilines is 2. The second-order valence-electron chi connectivity index (χ2n) is 8.47. The number of fused-ring (bicyclic) bond motifs is 2. The lowest BCUT2D eigenvalue weighted by Gasteiger charge is -2.28. The maximum atomic E-state index is 12.9. The Morgan fingerprint density at radius 3 is 2.94 bits per heavy atom. The minimum atomic E-state index is -0.187. The van der Waals surface area contributed by atoms with Gasteiger partial charge < -0.3 is 31.2 Å². The number of hydrogen-bond donors (Lipinski definition) is 3. The summed E-state index contributed by atoms with van der Waals surface area (Å²) in [5, 5.41) is 3.90. The summed E-state index contributed by atoms with van der Waals surface area (Å²) < 4.78 is 11.5. The molecule has 0 saturated carbocycles. The minimum Gasteiger partial charge on any atom is -0.491 e. The fraction of sp³-hybridized carbons (Fsp3) is 0.391. The first-order valence-corrected chi connectivity index (χ1v) is 11.5. The molecule has 0 aliphatic carbocycles. The molecule has 4 heterocycles. The van der Waals surface area contributed by atoms with Crippen LogP contribution in [0.4, 0.5) is 11.4 Å². The Labute approximate surface area is 190 Å². The van der Waals surface area contributed by atoms with Gasteiger partial charge in [-0.25, -0.2) is 4.98 Å². The first-order chi connectivity index (χ1) is 15.4. The van der Waals surface area contributed by atoms with Gasteiger partial charge in [0.25, 0.3) is 5.91 Å². The van der Waals surface area contributed by atoms with Crippen LogP contribution in [0.3, 0.4) is 0 Å². The zero-order valence-corrected chi connectivity index (χ0v) is 18.9. The van der Waals surface area contributed by atoms with E-state index in [0.717, 1.165) is 46.0 Å². The second-order valence-corrected chi connectivity index (χ2v) is 9.47. The standard InChI is InChI=1S/C23H27N5O3S/c1-12-3-6-16-20(25)21(32-23(16)26-12)22(29)27-14-7-13-4-5-15(8-18(13)31-11-14)28-9-17(24)19(10-28)30-2/h3-6,8,14,17,19H,7,9-11,24-25H2,1-2H3,(H,27,29)/t14-,17+,19+/m1/s1. The van der Waals surface area contributed by atoms with Gasteiger partial charge in [-0.2, -0.15) is 0 Å². The average molecular weight is 454 g/mol. The number of nitrogens with zero attached hydrogens (tertiary/aromatic N) is 2. The van der Waals surface area contributed by atoms with Crippen molar-refractivity contribution in [3.63, 3.8) is 0 Å². The molecule has 32 heavy (non-hydrogen) atoms. The molecule has 168 valence electrons. The van der Waals surface area contributed by atoms with E-state index in [9.17, 15) is 4.79 Å². The number of ether oxygens (including phenoxy) is 2. The van der Waals surface area contributed by atoms with Crippen LogP contribution in [0.15, 0.2) is 30.3 Å². The number of nitrogens with one attached hydrogen (secondary N) is 1. The molecule has 1 amide bonds. The summed E-state index contributed by atoms with van der Waals surface area (Å²) in [5.41, 5.74) is 15.9. The number of aromatic nitrogens is 1. The van der Waals surface area contributed by atoms with Crippen molar-refractivity contribution in [3.05, 3.63) is 46.5 Å². The third-order valence-corrected chi connectivity index (χ3v) is 7.32. The van der Waals surface area contributed by atoms with Crippen molar-refractivity contribution >= 4 is 38.8 Å². The highest BCUT2D eigenvalue weighted by Crippen LogP contribution is 2.34. The number of nitrogen functional groups attached to an aromatic ring is 1. The van der Waals surface area contributed by atoms with Crippen molar-refractivity contribution in [2.45, 2.75) is 31.5 Å². The fourth-order valence-electron chi connectivity index (χ4n) is 4.42. The topological polar surface area (TPSA) is 116 Å². The lowest BCUT2D eigenvalue weighted by atomic mass is 10.0. The molecule has 2 aliphatic rings. The van der Waals surface area contributed by atoms with Crippen molar-refractivity contribution in [3.8, 4) is 5.75 Å². The van der Waals surface area contributed by atoms with Crippen LogP contribution < -0.4 is 26.4 Å². The summed E-state index contributed by atoms with van der Waals surface area (Å²) in [4.78, 5) is 20.9. The van der Waals surface area contributed by atoms with Gasteiger partial charge in [-0.15, -0.1) is 11.3 Å². The van der Waals surface area contributed by atoms with Crippen LogP contribution >= 0.6 is 11.3 Å². The van der Waals surface area contributed by atoms with Gasteiger partial charge in [-0.1, -0.05) is 6.07 Å². The number of aryl methyl sites for hydroxylation is 1. The van der Waals surface area contributed by atoms with E-state index >= 15 is 0 Å². The number of rotatable bonds is 4. The molecule has 0 spiro atoms. The molecule has 5 rings (SSSR count). The van der Waals surface area contributed by atoms with Crippen LogP contribution in [0.2, 0.25) is 0 Å². The van der Waals surface area contributed by atoms with E-state index in [-0.39, 0.29) is 24.1 Å². The highest BCUT2D eigenvalue weighted by Gasteiger charge is 2.31. The number of thiophene rings is 1. The molecule has 2 aliphatic heterocycles. The molecule has 3 atom stereocenters. The molecule has 1 saturated heterocycles. The zero-order chi connectivity index (χ0) is 22.4. The molecule has 0 radical (unpaired) electrons. The van der Waals surface area contributed by atoms with Crippen LogP contribution in [0, 0.1) is 6.92 Å². The summed E-state index contributed by atoms with van der Waals surface area (Å²) in [6.07, 6.45) is 0.732. The van der Waals surface area contributed by atoms with Crippen LogP contribution in [0.25, 0.3) is 10.2 Å². The largest absolute Gasteiger partial charge is 0.491 e. The number of nitrogens with two attached hydrogens (primary N) is 2. The van der Waals surface area contributed by atoms with E-state index in [2.05, 4.69) is 33.4 Å². The zero-order valence-electron chi connectivity index (χ0n) is 18.1. The van der Waals surface area contributed by atoms with Gasteiger partial charge in [-0.05, 0) is 37.1 Å². The molecule has 1 aromatic carbocycles. The van der Waals surface area contributed by atoms with E-state index < -0.39 is 0 Å². The molecule has 3 aromatic rings. The van der Waals surface area contributed by atoms with Gasteiger partial charge in [0.2, 0.25) is 0 Å². The van der Waals surface area contributed by atoms with Crippen molar-refractivity contribution in [2.75, 3.05) is 37.4 Å². The van der Waals surface area contributed by atoms with Gasteiger partial charge >= 0.3 is 0 Å². The van der Waals surface area contributed by atoms with Gasteiger partial charge in [-0.3, -0.25) is 4.79 Å². The van der Waals surface area contributed by atoms with Crippen molar-refractivity contribution in [1.29, 1.82) is 0 Å². The molecule has 5 N–H and O–H groups in total. The number of carbonyl (C=O) groups is 1. The van der Waals surface area contributed by atoms with E-state index in [1.54, 1.807) is 7.11 Å². The van der Waals surface area contributed by atoms with Gasteiger partial charge in [0.15, 0.2) is 0 Å². The highest BCUT2D eigenvalue weighted by atomic mass is 32.1. The summed E-state index contributed by atoms with van der Waals surface area (Å²) in [7, 11) is 1.70. The Balaban J connectivity index is 1.28. The van der Waals surface area contributed by atoms with Crippen LogP contribution in [0.5, 0.6) is 5.75 Å². The molecular formula is C23H27N5O3S. The van der Waals surface area contributed by atoms with Crippen LogP contribution in [0.1, 0.15) is 20.9 Å². The molecule has 9 heteroatoms. The van der Waals surface area contributed by atoms with E-state index in [1.165, 1.54) is 11.3 Å². The van der Waals surface area contributed by atoms with Crippen LogP contribution in [-0.2, 0) is 11.2 Å². The molecular weight excluding hydrogens is 426 g/mol. The van der Waals surface area contributed by atoms with Gasteiger partial charge in [0.1, 0.15) is 22.1 Å². The number of pyridine rings is 1. The summed E-state index contributed by atoms with van der Waals surface area (Å²) in [6, 6.07) is 9.88. The third kappa shape index (κ3) is 3.76. The summed E-state index contributed by atoms with van der Waals surface area (Å²) in [5.74, 6) is 0.664. The molecule has 0 unspecified atom stereocenters. The van der Waals surface area contributed by atoms with E-state index in [4.69, 9.17) is 20.9 Å². The first kappa shape index (κ1) is 21.0.